The predicted octanol–water partition coefficient (Wildman–Crippen LogP) is 4.69. The lowest BCUT2D eigenvalue weighted by Crippen LogP contribution is -2.67. The number of nitrogens with one attached hydrogen (secondary N) is 1. The molecule has 2 fully saturated rings. The van der Waals surface area contributed by atoms with Gasteiger partial charge in [0.1, 0.15) is 5.75 Å². The van der Waals surface area contributed by atoms with E-state index in [0.717, 1.165) is 48.0 Å². The molecular formula is C30H34N2O3. The Labute approximate surface area is 207 Å². The third kappa shape index (κ3) is 4.35. The van der Waals surface area contributed by atoms with Gasteiger partial charge in [0.05, 0.1) is 12.7 Å². The lowest BCUT2D eigenvalue weighted by Gasteiger charge is -2.58. The van der Waals surface area contributed by atoms with Gasteiger partial charge in [0.25, 0.3) is 5.91 Å². The molecule has 1 aliphatic heterocycles. The van der Waals surface area contributed by atoms with E-state index in [0.29, 0.717) is 24.9 Å². The highest BCUT2D eigenvalue weighted by Gasteiger charge is 2.57. The van der Waals surface area contributed by atoms with Crippen molar-refractivity contribution in [2.45, 2.75) is 42.7 Å². The number of ether oxygens (including phenoxy) is 1. The minimum Gasteiger partial charge on any atom is -0.497 e. The standard InChI is InChI=1S/C30H34N2O3/c1-3-16-32-17-15-29(25-9-6-10-27(19-25)35-2)20-26(13-14-30(29,34)21-32)31-28(33)24-12-11-22-7-4-5-8-23(22)18-24/h3-12,18-19,26,34H,1,13-17,20-21H2,2H3,(H,31,33). The molecule has 0 radical (unpaired) electrons. The van der Waals surface area contributed by atoms with Gasteiger partial charge in [-0.05, 0) is 72.8 Å². The molecule has 0 spiro atoms. The minimum absolute atomic E-state index is 0.0219. The number of carbonyl (C=O) groups is 1. The van der Waals surface area contributed by atoms with Gasteiger partial charge < -0.3 is 15.2 Å². The molecule has 2 aliphatic rings. The Kier molecular flexibility index (Phi) is 6.39. The van der Waals surface area contributed by atoms with Crippen LogP contribution < -0.4 is 10.1 Å². The van der Waals surface area contributed by atoms with Crippen molar-refractivity contribution >= 4 is 16.7 Å². The molecule has 5 heteroatoms. The number of nitrogens with zero attached hydrogens (tertiary/aromatic N) is 1. The topological polar surface area (TPSA) is 61.8 Å². The van der Waals surface area contributed by atoms with E-state index < -0.39 is 11.0 Å². The van der Waals surface area contributed by atoms with Gasteiger partial charge in [-0.3, -0.25) is 9.69 Å². The first-order valence-corrected chi connectivity index (χ1v) is 12.5. The van der Waals surface area contributed by atoms with Gasteiger partial charge in [0, 0.05) is 30.1 Å². The maximum absolute atomic E-state index is 13.3. The number of β-amino-alcohol motifs (C(OH)–C–C–N with tert-alkyl or cyclic N) is 1. The van der Waals surface area contributed by atoms with Crippen molar-refractivity contribution in [3.8, 4) is 5.75 Å². The van der Waals surface area contributed by atoms with Crippen LogP contribution in [0.5, 0.6) is 5.75 Å². The van der Waals surface area contributed by atoms with Crippen LogP contribution in [-0.2, 0) is 5.41 Å². The van der Waals surface area contributed by atoms with Gasteiger partial charge in [-0.1, -0.05) is 48.5 Å². The average molecular weight is 471 g/mol. The quantitative estimate of drug-likeness (QED) is 0.513. The fourth-order valence-electron chi connectivity index (χ4n) is 6.24. The molecule has 1 saturated carbocycles. The summed E-state index contributed by atoms with van der Waals surface area (Å²) in [7, 11) is 1.67. The first-order chi connectivity index (χ1) is 17.0. The fourth-order valence-corrected chi connectivity index (χ4v) is 6.24. The van der Waals surface area contributed by atoms with E-state index in [9.17, 15) is 9.90 Å². The Bertz CT molecular complexity index is 1240. The van der Waals surface area contributed by atoms with Crippen molar-refractivity contribution < 1.29 is 14.6 Å². The van der Waals surface area contributed by atoms with Crippen molar-refractivity contribution in [3.05, 3.63) is 90.5 Å². The van der Waals surface area contributed by atoms with Crippen molar-refractivity contribution in [3.63, 3.8) is 0 Å². The summed E-state index contributed by atoms with van der Waals surface area (Å²) in [6.07, 6.45) is 4.77. The summed E-state index contributed by atoms with van der Waals surface area (Å²) in [6, 6.07) is 22.0. The minimum atomic E-state index is -0.884. The molecule has 5 rings (SSSR count). The lowest BCUT2D eigenvalue weighted by atomic mass is 9.55. The molecule has 1 amide bonds. The van der Waals surface area contributed by atoms with Crippen LogP contribution in [0.15, 0.2) is 79.4 Å². The maximum Gasteiger partial charge on any atom is 0.251 e. The van der Waals surface area contributed by atoms with Crippen LogP contribution in [0, 0.1) is 0 Å². The van der Waals surface area contributed by atoms with E-state index in [1.165, 1.54) is 0 Å². The van der Waals surface area contributed by atoms with E-state index in [1.807, 2.05) is 54.6 Å². The van der Waals surface area contributed by atoms with Gasteiger partial charge in [0.2, 0.25) is 0 Å². The van der Waals surface area contributed by atoms with Crippen molar-refractivity contribution in [1.29, 1.82) is 0 Å². The zero-order valence-corrected chi connectivity index (χ0v) is 20.4. The second-order valence-corrected chi connectivity index (χ2v) is 10.1. The average Bonchev–Trinajstić information content (AvgIpc) is 2.88. The molecule has 0 bridgehead atoms. The van der Waals surface area contributed by atoms with Crippen LogP contribution in [0.4, 0.5) is 0 Å². The molecule has 1 aliphatic carbocycles. The molecule has 3 unspecified atom stereocenters. The Morgan fingerprint density at radius 1 is 1.14 bits per heavy atom. The first kappa shape index (κ1) is 23.6. The maximum atomic E-state index is 13.3. The molecule has 3 atom stereocenters. The Balaban J connectivity index is 1.43. The molecule has 3 aromatic carbocycles. The van der Waals surface area contributed by atoms with Gasteiger partial charge in [-0.2, -0.15) is 0 Å². The zero-order valence-electron chi connectivity index (χ0n) is 20.4. The second kappa shape index (κ2) is 9.48. The van der Waals surface area contributed by atoms with E-state index in [-0.39, 0.29) is 11.9 Å². The van der Waals surface area contributed by atoms with E-state index in [1.54, 1.807) is 7.11 Å². The molecule has 3 aromatic rings. The molecular weight excluding hydrogens is 436 g/mol. The fraction of sp³-hybridized carbons (Fsp3) is 0.367. The highest BCUT2D eigenvalue weighted by atomic mass is 16.5. The number of piperidine rings is 1. The summed E-state index contributed by atoms with van der Waals surface area (Å²) in [5.74, 6) is 0.728. The smallest absolute Gasteiger partial charge is 0.251 e. The highest BCUT2D eigenvalue weighted by Crippen LogP contribution is 2.52. The van der Waals surface area contributed by atoms with E-state index in [4.69, 9.17) is 4.74 Å². The highest BCUT2D eigenvalue weighted by molar-refractivity contribution is 5.98. The Hall–Kier alpha value is -3.15. The largest absolute Gasteiger partial charge is 0.497 e. The predicted molar refractivity (Wildman–Crippen MR) is 140 cm³/mol. The van der Waals surface area contributed by atoms with Crippen molar-refractivity contribution in [1.82, 2.24) is 10.2 Å². The van der Waals surface area contributed by atoms with Crippen LogP contribution in [-0.4, -0.2) is 54.3 Å². The molecule has 2 N–H and O–H groups in total. The van der Waals surface area contributed by atoms with Crippen molar-refractivity contribution in [2.75, 3.05) is 26.7 Å². The SMILES string of the molecule is C=CCN1CCC2(c3cccc(OC)c3)CC(NC(=O)c3ccc4ccccc4c3)CCC2(O)C1. The molecule has 5 nitrogen and oxygen atoms in total. The summed E-state index contributed by atoms with van der Waals surface area (Å²) < 4.78 is 5.52. The van der Waals surface area contributed by atoms with Gasteiger partial charge >= 0.3 is 0 Å². The Morgan fingerprint density at radius 3 is 2.77 bits per heavy atom. The van der Waals surface area contributed by atoms with Crippen molar-refractivity contribution in [2.24, 2.45) is 0 Å². The van der Waals surface area contributed by atoms with E-state index in [2.05, 4.69) is 35.0 Å². The van der Waals surface area contributed by atoms with Gasteiger partial charge in [0.15, 0.2) is 0 Å². The number of carbonyl (C=O) groups excluding carboxylic acids is 1. The number of likely N-dealkylation sites (tertiary alicyclic amines) is 1. The van der Waals surface area contributed by atoms with Crippen LogP contribution in [0.1, 0.15) is 41.6 Å². The number of benzene rings is 3. The molecule has 182 valence electrons. The molecule has 35 heavy (non-hydrogen) atoms. The van der Waals surface area contributed by atoms with Gasteiger partial charge in [-0.25, -0.2) is 0 Å². The summed E-state index contributed by atoms with van der Waals surface area (Å²) in [6.45, 7) is 6.12. The number of aliphatic hydroxyl groups is 1. The number of fused-ring (bicyclic) bond motifs is 2. The second-order valence-electron chi connectivity index (χ2n) is 10.1. The third-order valence-corrected chi connectivity index (χ3v) is 8.09. The number of amides is 1. The van der Waals surface area contributed by atoms with Crippen LogP contribution in [0.3, 0.4) is 0 Å². The normalized spacial score (nSPS) is 26.6. The number of methoxy groups -OCH3 is 1. The van der Waals surface area contributed by atoms with E-state index >= 15 is 0 Å². The molecule has 1 saturated heterocycles. The van der Waals surface area contributed by atoms with Gasteiger partial charge in [-0.15, -0.1) is 6.58 Å². The third-order valence-electron chi connectivity index (χ3n) is 8.09. The number of hydrogen-bond acceptors (Lipinski definition) is 4. The van der Waals surface area contributed by atoms with Crippen LogP contribution in [0.25, 0.3) is 10.8 Å². The van der Waals surface area contributed by atoms with Crippen LogP contribution >= 0.6 is 0 Å². The number of rotatable bonds is 6. The Morgan fingerprint density at radius 2 is 1.97 bits per heavy atom. The molecule has 1 heterocycles. The zero-order chi connectivity index (χ0) is 24.5. The summed E-state index contributed by atoms with van der Waals surface area (Å²) in [5, 5.41) is 17.6. The summed E-state index contributed by atoms with van der Waals surface area (Å²) in [5.41, 5.74) is 0.409. The number of hydrogen-bond donors (Lipinski definition) is 2. The molecule has 0 aromatic heterocycles. The monoisotopic (exact) mass is 470 g/mol. The van der Waals surface area contributed by atoms with Crippen LogP contribution in [0.2, 0.25) is 0 Å². The lowest BCUT2D eigenvalue weighted by molar-refractivity contribution is -0.123. The summed E-state index contributed by atoms with van der Waals surface area (Å²) in [4.78, 5) is 15.5. The summed E-state index contributed by atoms with van der Waals surface area (Å²) >= 11 is 0. The first-order valence-electron chi connectivity index (χ1n) is 12.5.